The van der Waals surface area contributed by atoms with Crippen molar-refractivity contribution in [3.63, 3.8) is 0 Å². The van der Waals surface area contributed by atoms with Gasteiger partial charge in [-0.2, -0.15) is 0 Å². The standard InChI is InChI=1S/C15H15ClN2O2S/c16-12-7-6-11(9-13(12)17)21(19,20)15-8-5-10-3-1-2-4-14(10)18-15/h1-4,6-7,9,15,18H,5,8,17H2/t15-/m0/s1. The first kappa shape index (κ1) is 14.2. The second-order valence-corrected chi connectivity index (χ2v) is 7.59. The van der Waals surface area contributed by atoms with Crippen LogP contribution in [-0.4, -0.2) is 13.8 Å². The first-order valence-electron chi connectivity index (χ1n) is 6.62. The van der Waals surface area contributed by atoms with Crippen molar-refractivity contribution < 1.29 is 8.42 Å². The van der Waals surface area contributed by atoms with Gasteiger partial charge in [0.2, 0.25) is 0 Å². The molecule has 1 aliphatic heterocycles. The molecule has 1 atom stereocenters. The third-order valence-electron chi connectivity index (χ3n) is 3.68. The highest BCUT2D eigenvalue weighted by molar-refractivity contribution is 7.92. The van der Waals surface area contributed by atoms with E-state index in [0.29, 0.717) is 11.4 Å². The summed E-state index contributed by atoms with van der Waals surface area (Å²) >= 11 is 5.85. The Morgan fingerprint density at radius 2 is 1.95 bits per heavy atom. The molecule has 0 unspecified atom stereocenters. The number of nitrogens with two attached hydrogens (primary N) is 1. The minimum absolute atomic E-state index is 0.196. The van der Waals surface area contributed by atoms with Crippen molar-refractivity contribution in [3.8, 4) is 0 Å². The zero-order valence-corrected chi connectivity index (χ0v) is 12.8. The lowest BCUT2D eigenvalue weighted by molar-refractivity contribution is 0.576. The normalized spacial score (nSPS) is 17.9. The Morgan fingerprint density at radius 3 is 2.71 bits per heavy atom. The van der Waals surface area contributed by atoms with Gasteiger partial charge in [-0.1, -0.05) is 29.8 Å². The molecule has 0 bridgehead atoms. The van der Waals surface area contributed by atoms with E-state index < -0.39 is 15.2 Å². The monoisotopic (exact) mass is 322 g/mol. The highest BCUT2D eigenvalue weighted by atomic mass is 35.5. The number of nitrogens with one attached hydrogen (secondary N) is 1. The molecular weight excluding hydrogens is 308 g/mol. The average Bonchev–Trinajstić information content (AvgIpc) is 2.49. The topological polar surface area (TPSA) is 72.2 Å². The van der Waals surface area contributed by atoms with Gasteiger partial charge in [0.1, 0.15) is 5.37 Å². The number of rotatable bonds is 2. The summed E-state index contributed by atoms with van der Waals surface area (Å²) in [4.78, 5) is 0.196. The molecule has 3 rings (SSSR count). The van der Waals surface area contributed by atoms with Gasteiger partial charge in [-0.05, 0) is 42.7 Å². The number of hydrogen-bond acceptors (Lipinski definition) is 4. The Kier molecular flexibility index (Phi) is 3.55. The summed E-state index contributed by atoms with van der Waals surface area (Å²) in [7, 11) is -3.49. The van der Waals surface area contributed by atoms with Crippen LogP contribution in [0.25, 0.3) is 0 Å². The number of halogens is 1. The minimum Gasteiger partial charge on any atom is -0.397 e. The Morgan fingerprint density at radius 1 is 1.19 bits per heavy atom. The maximum atomic E-state index is 12.7. The molecule has 2 aromatic rings. The Bertz CT molecular complexity index is 790. The molecule has 0 saturated carbocycles. The summed E-state index contributed by atoms with van der Waals surface area (Å²) in [6.07, 6.45) is 1.26. The van der Waals surface area contributed by atoms with Crippen LogP contribution in [0.15, 0.2) is 47.4 Å². The van der Waals surface area contributed by atoms with E-state index in [1.54, 1.807) is 0 Å². The van der Waals surface area contributed by atoms with Crippen LogP contribution in [0.4, 0.5) is 11.4 Å². The SMILES string of the molecule is Nc1cc(S(=O)(=O)[C@H]2CCc3ccccc3N2)ccc1Cl. The first-order valence-corrected chi connectivity index (χ1v) is 8.54. The number of para-hydroxylation sites is 1. The molecule has 1 aliphatic rings. The molecule has 4 nitrogen and oxygen atoms in total. The van der Waals surface area contributed by atoms with Gasteiger partial charge in [-0.15, -0.1) is 0 Å². The van der Waals surface area contributed by atoms with E-state index in [1.807, 2.05) is 24.3 Å². The molecule has 0 aromatic heterocycles. The summed E-state index contributed by atoms with van der Waals surface area (Å²) in [5.74, 6) is 0. The van der Waals surface area contributed by atoms with Gasteiger partial charge in [0.15, 0.2) is 9.84 Å². The number of nitrogen functional groups attached to an aromatic ring is 1. The van der Waals surface area contributed by atoms with Gasteiger partial charge in [-0.3, -0.25) is 0 Å². The van der Waals surface area contributed by atoms with E-state index in [1.165, 1.54) is 18.2 Å². The Hall–Kier alpha value is -1.72. The zero-order valence-electron chi connectivity index (χ0n) is 11.2. The molecule has 110 valence electrons. The summed E-state index contributed by atoms with van der Waals surface area (Å²) in [5, 5.41) is 2.82. The highest BCUT2D eigenvalue weighted by Gasteiger charge is 2.30. The number of benzene rings is 2. The van der Waals surface area contributed by atoms with Crippen molar-refractivity contribution in [2.24, 2.45) is 0 Å². The number of hydrogen-bond donors (Lipinski definition) is 2. The van der Waals surface area contributed by atoms with E-state index in [2.05, 4.69) is 5.32 Å². The van der Waals surface area contributed by atoms with Gasteiger partial charge in [0.25, 0.3) is 0 Å². The van der Waals surface area contributed by atoms with E-state index in [9.17, 15) is 8.42 Å². The van der Waals surface area contributed by atoms with Gasteiger partial charge in [0.05, 0.1) is 15.6 Å². The van der Waals surface area contributed by atoms with Crippen LogP contribution >= 0.6 is 11.6 Å². The molecule has 0 fully saturated rings. The minimum atomic E-state index is -3.49. The van der Waals surface area contributed by atoms with Crippen molar-refractivity contribution in [1.29, 1.82) is 0 Å². The van der Waals surface area contributed by atoms with E-state index in [4.69, 9.17) is 17.3 Å². The zero-order chi connectivity index (χ0) is 15.0. The molecule has 0 spiro atoms. The van der Waals surface area contributed by atoms with Gasteiger partial charge in [0, 0.05) is 5.69 Å². The molecule has 6 heteroatoms. The van der Waals surface area contributed by atoms with Crippen LogP contribution < -0.4 is 11.1 Å². The fraction of sp³-hybridized carbons (Fsp3) is 0.200. The number of sulfone groups is 1. The van der Waals surface area contributed by atoms with Crippen molar-refractivity contribution in [1.82, 2.24) is 0 Å². The van der Waals surface area contributed by atoms with Crippen LogP contribution in [0.3, 0.4) is 0 Å². The highest BCUT2D eigenvalue weighted by Crippen LogP contribution is 2.31. The Labute approximate surface area is 128 Å². The predicted molar refractivity (Wildman–Crippen MR) is 85.2 cm³/mol. The second-order valence-electron chi connectivity index (χ2n) is 5.06. The first-order chi connectivity index (χ1) is 9.98. The lowest BCUT2D eigenvalue weighted by Crippen LogP contribution is -2.33. The van der Waals surface area contributed by atoms with E-state index >= 15 is 0 Å². The molecule has 2 aromatic carbocycles. The quantitative estimate of drug-likeness (QED) is 0.833. The van der Waals surface area contributed by atoms with Gasteiger partial charge in [-0.25, -0.2) is 8.42 Å². The maximum absolute atomic E-state index is 12.7. The fourth-order valence-corrected chi connectivity index (χ4v) is 4.21. The lowest BCUT2D eigenvalue weighted by Gasteiger charge is -2.27. The summed E-state index contributed by atoms with van der Waals surface area (Å²) < 4.78 is 25.4. The number of aryl methyl sites for hydroxylation is 1. The van der Waals surface area contributed by atoms with Crippen LogP contribution in [-0.2, 0) is 16.3 Å². The van der Waals surface area contributed by atoms with E-state index in [-0.39, 0.29) is 10.6 Å². The van der Waals surface area contributed by atoms with Crippen molar-refractivity contribution in [2.45, 2.75) is 23.1 Å². The van der Waals surface area contributed by atoms with Gasteiger partial charge < -0.3 is 11.1 Å². The Balaban J connectivity index is 1.95. The molecule has 0 aliphatic carbocycles. The maximum Gasteiger partial charge on any atom is 0.199 e. The third-order valence-corrected chi connectivity index (χ3v) is 6.04. The molecule has 1 heterocycles. The lowest BCUT2D eigenvalue weighted by atomic mass is 10.0. The van der Waals surface area contributed by atoms with Crippen LogP contribution in [0, 0.1) is 0 Å². The second kappa shape index (κ2) is 5.24. The van der Waals surface area contributed by atoms with Crippen LogP contribution in [0.5, 0.6) is 0 Å². The fourth-order valence-electron chi connectivity index (χ4n) is 2.51. The number of fused-ring (bicyclic) bond motifs is 1. The predicted octanol–water partition coefficient (Wildman–Crippen LogP) is 3.08. The molecule has 3 N–H and O–H groups in total. The van der Waals surface area contributed by atoms with Crippen molar-refractivity contribution in [2.75, 3.05) is 11.1 Å². The molecular formula is C15H15ClN2O2S. The number of anilines is 2. The summed E-state index contributed by atoms with van der Waals surface area (Å²) in [5.41, 5.74) is 7.99. The molecule has 0 amide bonds. The summed E-state index contributed by atoms with van der Waals surface area (Å²) in [6, 6.07) is 12.2. The molecule has 21 heavy (non-hydrogen) atoms. The van der Waals surface area contributed by atoms with Crippen LogP contribution in [0.1, 0.15) is 12.0 Å². The summed E-state index contributed by atoms with van der Waals surface area (Å²) in [6.45, 7) is 0. The molecule has 0 saturated heterocycles. The van der Waals surface area contributed by atoms with Gasteiger partial charge >= 0.3 is 0 Å². The average molecular weight is 323 g/mol. The van der Waals surface area contributed by atoms with Crippen LogP contribution in [0.2, 0.25) is 5.02 Å². The largest absolute Gasteiger partial charge is 0.397 e. The smallest absolute Gasteiger partial charge is 0.199 e. The molecule has 0 radical (unpaired) electrons. The van der Waals surface area contributed by atoms with Crippen molar-refractivity contribution >= 4 is 32.8 Å². The van der Waals surface area contributed by atoms with E-state index in [0.717, 1.165) is 17.7 Å². The van der Waals surface area contributed by atoms with Crippen molar-refractivity contribution in [3.05, 3.63) is 53.1 Å². The third kappa shape index (κ3) is 2.59.